The molecule has 2 aromatic rings. The van der Waals surface area contributed by atoms with Crippen LogP contribution in [0.15, 0.2) is 36.4 Å². The first-order chi connectivity index (χ1) is 14.6. The highest BCUT2D eigenvalue weighted by Gasteiger charge is 2.15. The lowest BCUT2D eigenvalue weighted by molar-refractivity contribution is 0.351. The maximum Gasteiger partial charge on any atom is 0.161 e. The summed E-state index contributed by atoms with van der Waals surface area (Å²) in [7, 11) is 8.59. The van der Waals surface area contributed by atoms with Gasteiger partial charge < -0.3 is 23.8 Å². The number of likely N-dealkylation sites (N-methyl/N-ethyl adjacent to an activating group) is 1. The molecule has 0 fully saturated rings. The van der Waals surface area contributed by atoms with Crippen molar-refractivity contribution >= 4 is 11.8 Å². The second-order valence-electron chi connectivity index (χ2n) is 6.74. The van der Waals surface area contributed by atoms with Gasteiger partial charge in [0.15, 0.2) is 23.0 Å². The first-order valence-corrected chi connectivity index (χ1v) is 10.7. The highest BCUT2D eigenvalue weighted by atomic mass is 32.2. The largest absolute Gasteiger partial charge is 0.493 e. The average molecular weight is 431 g/mol. The number of nitriles is 1. The van der Waals surface area contributed by atoms with Crippen LogP contribution >= 0.6 is 11.8 Å². The number of ether oxygens (including phenoxy) is 4. The minimum absolute atomic E-state index is 0.246. The van der Waals surface area contributed by atoms with Crippen LogP contribution in [0.3, 0.4) is 0 Å². The van der Waals surface area contributed by atoms with E-state index in [-0.39, 0.29) is 5.25 Å². The molecular formula is C23H30N2O4S. The molecule has 0 radical (unpaired) electrons. The number of thioether (sulfide) groups is 1. The molecule has 0 N–H and O–H groups in total. The maximum absolute atomic E-state index is 9.60. The predicted octanol–water partition coefficient (Wildman–Crippen LogP) is 4.19. The molecule has 0 aliphatic carbocycles. The zero-order valence-corrected chi connectivity index (χ0v) is 19.1. The summed E-state index contributed by atoms with van der Waals surface area (Å²) in [4.78, 5) is 2.27. The van der Waals surface area contributed by atoms with Gasteiger partial charge in [-0.15, -0.1) is 11.8 Å². The first-order valence-electron chi connectivity index (χ1n) is 9.68. The number of nitrogens with zero attached hydrogens (tertiary/aromatic N) is 2. The molecule has 0 aliphatic heterocycles. The SMILES string of the molecule is COc1ccc(CCN(C)CCSC(C#N)c2ccc(OC)c(OC)c2)cc1OC. The summed E-state index contributed by atoms with van der Waals surface area (Å²) in [6, 6.07) is 14.0. The molecule has 2 aromatic carbocycles. The molecule has 6 nitrogen and oxygen atoms in total. The minimum atomic E-state index is -0.246. The summed E-state index contributed by atoms with van der Waals surface area (Å²) in [6.07, 6.45) is 0.916. The molecule has 0 amide bonds. The number of rotatable bonds is 12. The lowest BCUT2D eigenvalue weighted by Crippen LogP contribution is -2.24. The normalized spacial score (nSPS) is 11.6. The van der Waals surface area contributed by atoms with Crippen LogP contribution in [0.25, 0.3) is 0 Å². The highest BCUT2D eigenvalue weighted by molar-refractivity contribution is 7.99. The van der Waals surface area contributed by atoms with Crippen LogP contribution in [0.5, 0.6) is 23.0 Å². The summed E-state index contributed by atoms with van der Waals surface area (Å²) < 4.78 is 21.3. The van der Waals surface area contributed by atoms with E-state index in [4.69, 9.17) is 18.9 Å². The van der Waals surface area contributed by atoms with E-state index in [0.717, 1.165) is 42.3 Å². The fraction of sp³-hybridized carbons (Fsp3) is 0.435. The lowest BCUT2D eigenvalue weighted by Gasteiger charge is -2.18. The van der Waals surface area contributed by atoms with E-state index < -0.39 is 0 Å². The van der Waals surface area contributed by atoms with Crippen molar-refractivity contribution in [2.75, 3.05) is 54.3 Å². The molecule has 30 heavy (non-hydrogen) atoms. The quantitative estimate of drug-likeness (QED) is 0.500. The van der Waals surface area contributed by atoms with E-state index in [1.165, 1.54) is 5.56 Å². The third-order valence-corrected chi connectivity index (χ3v) is 5.94. The smallest absolute Gasteiger partial charge is 0.161 e. The molecule has 7 heteroatoms. The van der Waals surface area contributed by atoms with Crippen molar-refractivity contribution in [3.05, 3.63) is 47.5 Å². The molecule has 0 spiro atoms. The summed E-state index contributed by atoms with van der Waals surface area (Å²) in [5.74, 6) is 3.65. The predicted molar refractivity (Wildman–Crippen MR) is 121 cm³/mol. The molecular weight excluding hydrogens is 400 g/mol. The van der Waals surface area contributed by atoms with Crippen LogP contribution in [0.4, 0.5) is 0 Å². The van der Waals surface area contributed by atoms with Crippen molar-refractivity contribution in [2.45, 2.75) is 11.7 Å². The minimum Gasteiger partial charge on any atom is -0.493 e. The van der Waals surface area contributed by atoms with Crippen molar-refractivity contribution < 1.29 is 18.9 Å². The molecule has 1 unspecified atom stereocenters. The number of hydrogen-bond acceptors (Lipinski definition) is 7. The van der Waals surface area contributed by atoms with Gasteiger partial charge in [0.25, 0.3) is 0 Å². The van der Waals surface area contributed by atoms with Gasteiger partial charge in [0.2, 0.25) is 0 Å². The van der Waals surface area contributed by atoms with E-state index in [1.54, 1.807) is 40.2 Å². The van der Waals surface area contributed by atoms with Gasteiger partial charge in [-0.3, -0.25) is 0 Å². The Kier molecular flexibility index (Phi) is 9.65. The number of methoxy groups -OCH3 is 4. The average Bonchev–Trinajstić information content (AvgIpc) is 2.79. The fourth-order valence-electron chi connectivity index (χ4n) is 3.02. The molecule has 0 saturated carbocycles. The van der Waals surface area contributed by atoms with Crippen LogP contribution in [-0.2, 0) is 6.42 Å². The Labute approximate surface area is 183 Å². The van der Waals surface area contributed by atoms with Crippen molar-refractivity contribution in [2.24, 2.45) is 0 Å². The lowest BCUT2D eigenvalue weighted by atomic mass is 10.1. The van der Waals surface area contributed by atoms with Gasteiger partial charge in [-0.2, -0.15) is 5.26 Å². The Morgan fingerprint density at radius 3 is 2.07 bits per heavy atom. The summed E-state index contributed by atoms with van der Waals surface area (Å²) >= 11 is 1.63. The second kappa shape index (κ2) is 12.2. The zero-order chi connectivity index (χ0) is 21.9. The molecule has 0 bridgehead atoms. The Balaban J connectivity index is 1.84. The van der Waals surface area contributed by atoms with Gasteiger partial charge in [0.05, 0.1) is 34.5 Å². The van der Waals surface area contributed by atoms with Crippen LogP contribution in [0.1, 0.15) is 16.4 Å². The van der Waals surface area contributed by atoms with E-state index in [2.05, 4.69) is 24.1 Å². The fourth-order valence-corrected chi connectivity index (χ4v) is 4.08. The Morgan fingerprint density at radius 2 is 1.47 bits per heavy atom. The van der Waals surface area contributed by atoms with Crippen LogP contribution in [0.2, 0.25) is 0 Å². The molecule has 0 heterocycles. The number of benzene rings is 2. The Bertz CT molecular complexity index is 854. The van der Waals surface area contributed by atoms with E-state index in [1.807, 2.05) is 30.3 Å². The molecule has 0 aliphatic rings. The van der Waals surface area contributed by atoms with E-state index >= 15 is 0 Å². The van der Waals surface area contributed by atoms with Crippen molar-refractivity contribution in [3.63, 3.8) is 0 Å². The van der Waals surface area contributed by atoms with Gasteiger partial charge in [-0.05, 0) is 48.9 Å². The number of hydrogen-bond donors (Lipinski definition) is 0. The van der Waals surface area contributed by atoms with Gasteiger partial charge in [0, 0.05) is 18.8 Å². The second-order valence-corrected chi connectivity index (χ2v) is 7.95. The molecule has 0 saturated heterocycles. The van der Waals surface area contributed by atoms with Crippen molar-refractivity contribution in [1.29, 1.82) is 5.26 Å². The topological polar surface area (TPSA) is 64.0 Å². The molecule has 2 rings (SSSR count). The molecule has 162 valence electrons. The summed E-state index contributed by atoms with van der Waals surface area (Å²) in [6.45, 7) is 1.81. The van der Waals surface area contributed by atoms with E-state index in [0.29, 0.717) is 11.5 Å². The van der Waals surface area contributed by atoms with Gasteiger partial charge in [0.1, 0.15) is 5.25 Å². The highest BCUT2D eigenvalue weighted by Crippen LogP contribution is 2.35. The van der Waals surface area contributed by atoms with Crippen LogP contribution in [0, 0.1) is 11.3 Å². The third-order valence-electron chi connectivity index (χ3n) is 4.82. The monoisotopic (exact) mass is 430 g/mol. The van der Waals surface area contributed by atoms with Gasteiger partial charge in [-0.25, -0.2) is 0 Å². The van der Waals surface area contributed by atoms with Crippen molar-refractivity contribution in [3.8, 4) is 29.1 Å². The maximum atomic E-state index is 9.60. The summed E-state index contributed by atoms with van der Waals surface area (Å²) in [5, 5.41) is 9.35. The third kappa shape index (κ3) is 6.48. The standard InChI is InChI=1S/C23H30N2O4S/c1-25(11-10-17-6-8-19(26-2)21(14-17)28-4)12-13-30-23(16-24)18-7-9-20(27-3)22(15-18)29-5/h6-9,14-15,23H,10-13H2,1-5H3. The first kappa shape index (κ1) is 23.7. The van der Waals surface area contributed by atoms with Crippen LogP contribution in [-0.4, -0.2) is 59.2 Å². The Hall–Kier alpha value is -2.56. The van der Waals surface area contributed by atoms with Gasteiger partial charge >= 0.3 is 0 Å². The van der Waals surface area contributed by atoms with E-state index in [9.17, 15) is 5.26 Å². The Morgan fingerprint density at radius 1 is 0.867 bits per heavy atom. The van der Waals surface area contributed by atoms with Crippen LogP contribution < -0.4 is 18.9 Å². The zero-order valence-electron chi connectivity index (χ0n) is 18.3. The molecule has 1 atom stereocenters. The van der Waals surface area contributed by atoms with Crippen molar-refractivity contribution in [1.82, 2.24) is 4.90 Å². The van der Waals surface area contributed by atoms with Gasteiger partial charge in [-0.1, -0.05) is 12.1 Å². The molecule has 0 aromatic heterocycles. The summed E-state index contributed by atoms with van der Waals surface area (Å²) in [5.41, 5.74) is 2.13.